The fraction of sp³-hybridized carbons (Fsp3) is 1.00. The molecule has 2 nitrogen and oxygen atoms in total. The standard InChI is InChI=1S/2C4H8N.2BrH.Hf/c2*1-2-4-5-3-1;;;/h2*1-4H2;2*1H;/q2*-1;;;. The molecule has 0 bridgehead atoms. The van der Waals surface area contributed by atoms with E-state index in [4.69, 9.17) is 0 Å². The molecule has 0 atom stereocenters. The van der Waals surface area contributed by atoms with Crippen LogP contribution in [-0.2, 0) is 25.8 Å². The average molecular weight is 481 g/mol. The molecule has 2 saturated heterocycles. The van der Waals surface area contributed by atoms with E-state index in [0.717, 1.165) is 26.2 Å². The Morgan fingerprint density at radius 3 is 0.846 bits per heavy atom. The molecular weight excluding hydrogens is 462 g/mol. The maximum absolute atomic E-state index is 4.08. The molecule has 0 amide bonds. The molecule has 0 aliphatic carbocycles. The third kappa shape index (κ3) is 13.8. The van der Waals surface area contributed by atoms with Gasteiger partial charge in [0.15, 0.2) is 0 Å². The van der Waals surface area contributed by atoms with Crippen molar-refractivity contribution in [3.8, 4) is 0 Å². The summed E-state index contributed by atoms with van der Waals surface area (Å²) in [5.41, 5.74) is 0. The Morgan fingerprint density at radius 2 is 0.769 bits per heavy atom. The maximum atomic E-state index is 4.08. The Balaban J connectivity index is -0.000000125. The minimum Gasteiger partial charge on any atom is -0.662 e. The molecule has 2 aliphatic rings. The fourth-order valence-electron chi connectivity index (χ4n) is 1.12. The van der Waals surface area contributed by atoms with E-state index in [-0.39, 0.29) is 59.8 Å². The summed E-state index contributed by atoms with van der Waals surface area (Å²) in [4.78, 5) is 0. The zero-order valence-electron chi connectivity index (χ0n) is 7.87. The van der Waals surface area contributed by atoms with Crippen LogP contribution in [0.4, 0.5) is 0 Å². The zero-order valence-corrected chi connectivity index (χ0v) is 14.9. The minimum atomic E-state index is 0. The number of nitrogens with zero attached hydrogens (tertiary/aromatic N) is 2. The van der Waals surface area contributed by atoms with E-state index in [1.807, 2.05) is 0 Å². The van der Waals surface area contributed by atoms with E-state index in [0.29, 0.717) is 0 Å². The van der Waals surface area contributed by atoms with Crippen LogP contribution in [-0.4, -0.2) is 26.2 Å². The van der Waals surface area contributed by atoms with E-state index in [1.165, 1.54) is 25.7 Å². The molecule has 0 aromatic rings. The SMILES string of the molecule is Br.Br.C1CC[N-]C1.C1CC[N-]C1.[Hf]. The van der Waals surface area contributed by atoms with Gasteiger partial charge in [-0.1, -0.05) is 25.7 Å². The number of rotatable bonds is 0. The van der Waals surface area contributed by atoms with E-state index in [2.05, 4.69) is 10.6 Å². The van der Waals surface area contributed by atoms with E-state index in [9.17, 15) is 0 Å². The van der Waals surface area contributed by atoms with Crippen molar-refractivity contribution in [2.24, 2.45) is 0 Å². The maximum Gasteiger partial charge on any atom is 0 e. The minimum absolute atomic E-state index is 0. The van der Waals surface area contributed by atoms with Gasteiger partial charge in [0.1, 0.15) is 0 Å². The van der Waals surface area contributed by atoms with E-state index in [1.54, 1.807) is 0 Å². The Morgan fingerprint density at radius 1 is 0.538 bits per heavy atom. The second-order valence-corrected chi connectivity index (χ2v) is 2.76. The van der Waals surface area contributed by atoms with Gasteiger partial charge < -0.3 is 10.6 Å². The summed E-state index contributed by atoms with van der Waals surface area (Å²) in [6.45, 7) is 4.50. The second-order valence-electron chi connectivity index (χ2n) is 2.76. The molecule has 5 heteroatoms. The Hall–Kier alpha value is 1.75. The first kappa shape index (κ1) is 20.2. The molecule has 13 heavy (non-hydrogen) atoms. The second kappa shape index (κ2) is 16.2. The Bertz CT molecular complexity index is 53.3. The van der Waals surface area contributed by atoms with Crippen LogP contribution in [0.25, 0.3) is 10.6 Å². The smallest absolute Gasteiger partial charge is 0 e. The van der Waals surface area contributed by atoms with Crippen LogP contribution in [0.1, 0.15) is 25.7 Å². The molecule has 80 valence electrons. The Labute approximate surface area is 121 Å². The first-order valence-electron chi connectivity index (χ1n) is 4.26. The van der Waals surface area contributed by atoms with Gasteiger partial charge >= 0.3 is 0 Å². The molecular formula is C8H18Br2HfN2-2. The van der Waals surface area contributed by atoms with Crippen molar-refractivity contribution in [1.29, 1.82) is 0 Å². The molecule has 0 aromatic carbocycles. The summed E-state index contributed by atoms with van der Waals surface area (Å²) in [5, 5.41) is 8.17. The normalized spacial score (nSPS) is 18.5. The van der Waals surface area contributed by atoms with Crippen molar-refractivity contribution in [2.45, 2.75) is 25.7 Å². The monoisotopic (exact) mass is 480 g/mol. The van der Waals surface area contributed by atoms with Gasteiger partial charge in [0.05, 0.1) is 0 Å². The zero-order chi connectivity index (χ0) is 7.07. The van der Waals surface area contributed by atoms with Crippen LogP contribution in [0.3, 0.4) is 0 Å². The van der Waals surface area contributed by atoms with Crippen LogP contribution < -0.4 is 0 Å². The molecule has 2 rings (SSSR count). The third-order valence-electron chi connectivity index (χ3n) is 1.76. The molecule has 0 spiro atoms. The van der Waals surface area contributed by atoms with Gasteiger partial charge in [0, 0.05) is 25.8 Å². The van der Waals surface area contributed by atoms with Crippen LogP contribution in [0.2, 0.25) is 0 Å². The first-order chi connectivity index (χ1) is 5.00. The van der Waals surface area contributed by atoms with Gasteiger partial charge in [-0.15, -0.1) is 60.1 Å². The van der Waals surface area contributed by atoms with E-state index >= 15 is 0 Å². The molecule has 2 heterocycles. The van der Waals surface area contributed by atoms with Crippen LogP contribution >= 0.6 is 34.0 Å². The molecule has 2 aliphatic heterocycles. The van der Waals surface area contributed by atoms with Crippen molar-refractivity contribution in [3.05, 3.63) is 10.6 Å². The molecule has 0 unspecified atom stereocenters. The summed E-state index contributed by atoms with van der Waals surface area (Å²) in [6, 6.07) is 0. The summed E-state index contributed by atoms with van der Waals surface area (Å²) in [6.07, 6.45) is 5.33. The largest absolute Gasteiger partial charge is 0.662 e. The quantitative estimate of drug-likeness (QED) is 0.476. The fourth-order valence-corrected chi connectivity index (χ4v) is 1.12. The van der Waals surface area contributed by atoms with Crippen molar-refractivity contribution in [3.63, 3.8) is 0 Å². The molecule has 2 fully saturated rings. The Kier molecular flexibility index (Phi) is 25.2. The summed E-state index contributed by atoms with van der Waals surface area (Å²) in [7, 11) is 0. The van der Waals surface area contributed by atoms with Gasteiger partial charge in [0.25, 0.3) is 0 Å². The number of halogens is 2. The molecule has 0 radical (unpaired) electrons. The topological polar surface area (TPSA) is 28.2 Å². The van der Waals surface area contributed by atoms with Crippen LogP contribution in [0.15, 0.2) is 0 Å². The van der Waals surface area contributed by atoms with Crippen molar-refractivity contribution in [2.75, 3.05) is 26.2 Å². The van der Waals surface area contributed by atoms with Gasteiger partial charge in [-0.2, -0.15) is 0 Å². The summed E-state index contributed by atoms with van der Waals surface area (Å²) < 4.78 is 0. The molecule has 0 aromatic heterocycles. The number of hydrogen-bond acceptors (Lipinski definition) is 0. The van der Waals surface area contributed by atoms with Crippen LogP contribution in [0.5, 0.6) is 0 Å². The van der Waals surface area contributed by atoms with Gasteiger partial charge in [-0.25, -0.2) is 0 Å². The van der Waals surface area contributed by atoms with Gasteiger partial charge in [-0.3, -0.25) is 0 Å². The van der Waals surface area contributed by atoms with Crippen LogP contribution in [0, 0.1) is 0 Å². The van der Waals surface area contributed by atoms with Crippen molar-refractivity contribution in [1.82, 2.24) is 0 Å². The summed E-state index contributed by atoms with van der Waals surface area (Å²) >= 11 is 0. The third-order valence-corrected chi connectivity index (χ3v) is 1.76. The molecule has 0 saturated carbocycles. The first-order valence-corrected chi connectivity index (χ1v) is 4.26. The van der Waals surface area contributed by atoms with E-state index < -0.39 is 0 Å². The summed E-state index contributed by atoms with van der Waals surface area (Å²) in [5.74, 6) is 0. The van der Waals surface area contributed by atoms with Crippen molar-refractivity contribution < 1.29 is 25.8 Å². The predicted octanol–water partition coefficient (Wildman–Crippen LogP) is 3.46. The van der Waals surface area contributed by atoms with Gasteiger partial charge in [0.2, 0.25) is 0 Å². The predicted molar refractivity (Wildman–Crippen MR) is 65.3 cm³/mol. The number of hydrogen-bond donors (Lipinski definition) is 0. The molecule has 0 N–H and O–H groups in total. The average Bonchev–Trinajstić information content (AvgIpc) is 2.67. The van der Waals surface area contributed by atoms with Gasteiger partial charge in [-0.05, 0) is 0 Å². The van der Waals surface area contributed by atoms with Crippen molar-refractivity contribution >= 4 is 34.0 Å².